The van der Waals surface area contributed by atoms with E-state index < -0.39 is 0 Å². The van der Waals surface area contributed by atoms with E-state index in [-0.39, 0.29) is 12.5 Å². The molecule has 0 aromatic heterocycles. The number of ether oxygens (including phenoxy) is 1. The Balaban J connectivity index is 2.28. The van der Waals surface area contributed by atoms with Gasteiger partial charge < -0.3 is 15.0 Å². The summed E-state index contributed by atoms with van der Waals surface area (Å²) in [4.78, 5) is 13.7. The Labute approximate surface area is 95.2 Å². The first-order valence-electron chi connectivity index (χ1n) is 5.41. The summed E-state index contributed by atoms with van der Waals surface area (Å²) in [5.74, 6) is 0.0126. The normalized spacial score (nSPS) is 15.4. The van der Waals surface area contributed by atoms with E-state index in [9.17, 15) is 4.79 Å². The summed E-state index contributed by atoms with van der Waals surface area (Å²) in [5, 5.41) is 3.30. The minimum Gasteiger partial charge on any atom is -0.375 e. The van der Waals surface area contributed by atoms with E-state index in [0.29, 0.717) is 6.54 Å². The van der Waals surface area contributed by atoms with Crippen LogP contribution in [0.25, 0.3) is 0 Å². The Bertz CT molecular complexity index is 379. The van der Waals surface area contributed by atoms with Crippen molar-refractivity contribution in [3.05, 3.63) is 29.8 Å². The van der Waals surface area contributed by atoms with Crippen LogP contribution >= 0.6 is 0 Å². The first kappa shape index (κ1) is 11.1. The summed E-state index contributed by atoms with van der Waals surface area (Å²) in [6.45, 7) is 2.45. The number of benzene rings is 1. The molecule has 0 saturated carbocycles. The lowest BCUT2D eigenvalue weighted by molar-refractivity contribution is -0.122. The van der Waals surface area contributed by atoms with Crippen LogP contribution in [0.3, 0.4) is 0 Å². The highest BCUT2D eigenvalue weighted by Crippen LogP contribution is 2.21. The highest BCUT2D eigenvalue weighted by molar-refractivity contribution is 5.95. The number of methoxy groups -OCH3 is 1. The number of nitrogens with one attached hydrogen (secondary N) is 1. The molecule has 0 radical (unpaired) electrons. The van der Waals surface area contributed by atoms with Crippen molar-refractivity contribution in [1.82, 2.24) is 5.32 Å². The zero-order valence-corrected chi connectivity index (χ0v) is 9.40. The zero-order valence-electron chi connectivity index (χ0n) is 9.40. The van der Waals surface area contributed by atoms with Gasteiger partial charge in [-0.1, -0.05) is 18.2 Å². The van der Waals surface area contributed by atoms with Gasteiger partial charge in [0.25, 0.3) is 5.91 Å². The van der Waals surface area contributed by atoms with Crippen LogP contribution in [0.15, 0.2) is 24.3 Å². The number of amides is 1. The number of nitrogens with zero attached hydrogens (tertiary/aromatic N) is 1. The Morgan fingerprint density at radius 3 is 3.12 bits per heavy atom. The molecule has 1 heterocycles. The van der Waals surface area contributed by atoms with Crippen LogP contribution in [0.4, 0.5) is 5.69 Å². The van der Waals surface area contributed by atoms with E-state index in [4.69, 9.17) is 4.74 Å². The van der Waals surface area contributed by atoms with Crippen molar-refractivity contribution in [2.45, 2.75) is 6.54 Å². The summed E-state index contributed by atoms with van der Waals surface area (Å²) in [6.07, 6.45) is 0. The van der Waals surface area contributed by atoms with Crippen LogP contribution in [-0.2, 0) is 16.1 Å². The third-order valence-electron chi connectivity index (χ3n) is 2.68. The number of carbonyl (C=O) groups is 1. The number of para-hydroxylation sites is 1. The van der Waals surface area contributed by atoms with Crippen molar-refractivity contribution in [3.8, 4) is 0 Å². The van der Waals surface area contributed by atoms with Gasteiger partial charge in [0.15, 0.2) is 0 Å². The van der Waals surface area contributed by atoms with E-state index in [1.165, 1.54) is 0 Å². The van der Waals surface area contributed by atoms with Crippen molar-refractivity contribution < 1.29 is 9.53 Å². The topological polar surface area (TPSA) is 41.6 Å². The number of carbonyl (C=O) groups excluding carboxylic acids is 1. The summed E-state index contributed by atoms with van der Waals surface area (Å²) in [5.41, 5.74) is 2.15. The molecule has 1 aliphatic heterocycles. The third-order valence-corrected chi connectivity index (χ3v) is 2.68. The lowest BCUT2D eigenvalue weighted by Gasteiger charge is -2.22. The Kier molecular flexibility index (Phi) is 3.54. The molecule has 2 rings (SSSR count). The minimum atomic E-state index is 0.0126. The van der Waals surface area contributed by atoms with Crippen molar-refractivity contribution in [3.63, 3.8) is 0 Å². The molecule has 1 N–H and O–H groups in total. The predicted molar refractivity (Wildman–Crippen MR) is 62.4 cm³/mol. The predicted octanol–water partition coefficient (Wildman–Crippen LogP) is 0.769. The van der Waals surface area contributed by atoms with Gasteiger partial charge >= 0.3 is 0 Å². The molecule has 86 valence electrons. The average molecular weight is 220 g/mol. The molecule has 16 heavy (non-hydrogen) atoms. The van der Waals surface area contributed by atoms with Gasteiger partial charge in [0.1, 0.15) is 6.61 Å². The highest BCUT2D eigenvalue weighted by atomic mass is 16.5. The average Bonchev–Trinajstić information content (AvgIpc) is 2.51. The van der Waals surface area contributed by atoms with Crippen LogP contribution in [-0.4, -0.2) is 32.7 Å². The fourth-order valence-electron chi connectivity index (χ4n) is 1.92. The largest absolute Gasteiger partial charge is 0.375 e. The molecule has 0 unspecified atom stereocenters. The molecule has 1 aromatic carbocycles. The number of hydrogen-bond acceptors (Lipinski definition) is 3. The minimum absolute atomic E-state index is 0.0126. The van der Waals surface area contributed by atoms with E-state index in [0.717, 1.165) is 24.3 Å². The molecule has 0 saturated heterocycles. The molecule has 1 aliphatic rings. The van der Waals surface area contributed by atoms with Crippen molar-refractivity contribution in [1.29, 1.82) is 0 Å². The van der Waals surface area contributed by atoms with Crippen LogP contribution < -0.4 is 10.2 Å². The molecule has 0 fully saturated rings. The third kappa shape index (κ3) is 2.23. The van der Waals surface area contributed by atoms with Gasteiger partial charge in [-0.2, -0.15) is 0 Å². The monoisotopic (exact) mass is 220 g/mol. The van der Waals surface area contributed by atoms with Crippen LogP contribution in [0, 0.1) is 0 Å². The lowest BCUT2D eigenvalue weighted by atomic mass is 10.1. The molecule has 0 aliphatic carbocycles. The molecule has 0 bridgehead atoms. The van der Waals surface area contributed by atoms with E-state index in [2.05, 4.69) is 5.32 Å². The van der Waals surface area contributed by atoms with Gasteiger partial charge in [-0.3, -0.25) is 4.79 Å². The van der Waals surface area contributed by atoms with Gasteiger partial charge in [0, 0.05) is 32.4 Å². The molecule has 0 atom stereocenters. The van der Waals surface area contributed by atoms with Gasteiger partial charge in [-0.15, -0.1) is 0 Å². The van der Waals surface area contributed by atoms with Gasteiger partial charge in [-0.25, -0.2) is 0 Å². The second kappa shape index (κ2) is 5.09. The maximum atomic E-state index is 11.9. The Morgan fingerprint density at radius 1 is 1.50 bits per heavy atom. The van der Waals surface area contributed by atoms with Crippen LogP contribution in [0.1, 0.15) is 5.56 Å². The van der Waals surface area contributed by atoms with Gasteiger partial charge in [0.2, 0.25) is 0 Å². The van der Waals surface area contributed by atoms with E-state index in [1.54, 1.807) is 12.0 Å². The second-order valence-electron chi connectivity index (χ2n) is 3.78. The zero-order chi connectivity index (χ0) is 11.4. The summed E-state index contributed by atoms with van der Waals surface area (Å²) in [7, 11) is 1.54. The Morgan fingerprint density at radius 2 is 2.31 bits per heavy atom. The van der Waals surface area contributed by atoms with Crippen molar-refractivity contribution >= 4 is 11.6 Å². The molecule has 4 nitrogen and oxygen atoms in total. The molecule has 4 heteroatoms. The first-order chi connectivity index (χ1) is 7.83. The Hall–Kier alpha value is -1.39. The first-order valence-corrected chi connectivity index (χ1v) is 5.41. The number of hydrogen-bond donors (Lipinski definition) is 1. The lowest BCUT2D eigenvalue weighted by Crippen LogP contribution is -2.37. The SMILES string of the molecule is COCC(=O)N1CCNCc2ccccc21. The highest BCUT2D eigenvalue weighted by Gasteiger charge is 2.19. The molecule has 0 spiro atoms. The molecule has 1 aromatic rings. The summed E-state index contributed by atoms with van der Waals surface area (Å²) in [6, 6.07) is 7.97. The molecule has 1 amide bonds. The maximum Gasteiger partial charge on any atom is 0.253 e. The van der Waals surface area contributed by atoms with E-state index in [1.807, 2.05) is 24.3 Å². The van der Waals surface area contributed by atoms with Gasteiger partial charge in [-0.05, 0) is 11.6 Å². The summed E-state index contributed by atoms with van der Waals surface area (Å²) < 4.78 is 4.90. The van der Waals surface area contributed by atoms with Crippen LogP contribution in [0.2, 0.25) is 0 Å². The van der Waals surface area contributed by atoms with Crippen molar-refractivity contribution in [2.24, 2.45) is 0 Å². The number of rotatable bonds is 2. The fraction of sp³-hybridized carbons (Fsp3) is 0.417. The van der Waals surface area contributed by atoms with E-state index >= 15 is 0 Å². The maximum absolute atomic E-state index is 11.9. The molecular formula is C12H16N2O2. The number of fused-ring (bicyclic) bond motifs is 1. The smallest absolute Gasteiger partial charge is 0.253 e. The fourth-order valence-corrected chi connectivity index (χ4v) is 1.92. The van der Waals surface area contributed by atoms with Crippen molar-refractivity contribution in [2.75, 3.05) is 31.7 Å². The summed E-state index contributed by atoms with van der Waals surface area (Å²) >= 11 is 0. The second-order valence-corrected chi connectivity index (χ2v) is 3.78. The number of anilines is 1. The van der Waals surface area contributed by atoms with Gasteiger partial charge in [0.05, 0.1) is 0 Å². The van der Waals surface area contributed by atoms with Crippen LogP contribution in [0.5, 0.6) is 0 Å². The molecular weight excluding hydrogens is 204 g/mol. The quantitative estimate of drug-likeness (QED) is 0.800. The standard InChI is InChI=1S/C12H16N2O2/c1-16-9-12(15)14-7-6-13-8-10-4-2-3-5-11(10)14/h2-5,13H,6-9H2,1H3.